The SMILES string of the molecule is CC(=O)C(C)C(C)C(C)=O.CCC(C)(CC(C)=O)C(C)=O. The predicted molar refractivity (Wildman–Crippen MR) is 84.1 cm³/mol. The van der Waals surface area contributed by atoms with Gasteiger partial charge >= 0.3 is 0 Å². The Morgan fingerprint density at radius 3 is 1.29 bits per heavy atom. The van der Waals surface area contributed by atoms with Crippen molar-refractivity contribution in [1.29, 1.82) is 0 Å². The summed E-state index contributed by atoms with van der Waals surface area (Å²) >= 11 is 0. The summed E-state index contributed by atoms with van der Waals surface area (Å²) < 4.78 is 0. The topological polar surface area (TPSA) is 68.3 Å². The summed E-state index contributed by atoms with van der Waals surface area (Å²) in [5.41, 5.74) is -0.425. The molecule has 0 rings (SSSR count). The first-order valence-corrected chi connectivity index (χ1v) is 7.40. The van der Waals surface area contributed by atoms with E-state index in [1.807, 2.05) is 13.8 Å². The summed E-state index contributed by atoms with van der Waals surface area (Å²) in [5, 5.41) is 0. The Labute approximate surface area is 128 Å². The zero-order chi connectivity index (χ0) is 17.4. The molecule has 0 saturated carbocycles. The predicted octanol–water partition coefficient (Wildman–Crippen LogP) is 3.41. The molecule has 21 heavy (non-hydrogen) atoms. The van der Waals surface area contributed by atoms with Gasteiger partial charge in [0.05, 0.1) is 0 Å². The molecule has 0 aromatic carbocycles. The average molecular weight is 298 g/mol. The highest BCUT2D eigenvalue weighted by Gasteiger charge is 2.28. The lowest BCUT2D eigenvalue weighted by Crippen LogP contribution is -2.26. The van der Waals surface area contributed by atoms with E-state index in [-0.39, 0.29) is 35.0 Å². The molecule has 4 heteroatoms. The van der Waals surface area contributed by atoms with Crippen LogP contribution in [0.25, 0.3) is 0 Å². The number of rotatable bonds is 7. The Bertz CT molecular complexity index is 380. The van der Waals surface area contributed by atoms with Gasteiger partial charge in [-0.25, -0.2) is 0 Å². The molecule has 0 aliphatic rings. The normalized spacial score (nSPS) is 15.8. The van der Waals surface area contributed by atoms with E-state index in [9.17, 15) is 19.2 Å². The molecule has 0 N–H and O–H groups in total. The van der Waals surface area contributed by atoms with Crippen LogP contribution in [0.5, 0.6) is 0 Å². The zero-order valence-corrected chi connectivity index (χ0v) is 14.7. The molecular weight excluding hydrogens is 268 g/mol. The van der Waals surface area contributed by atoms with Crippen LogP contribution in [0.1, 0.15) is 68.2 Å². The summed E-state index contributed by atoms with van der Waals surface area (Å²) in [6.45, 7) is 13.5. The minimum atomic E-state index is -0.425. The number of hydrogen-bond acceptors (Lipinski definition) is 4. The van der Waals surface area contributed by atoms with Crippen LogP contribution in [0.4, 0.5) is 0 Å². The third kappa shape index (κ3) is 8.53. The quantitative estimate of drug-likeness (QED) is 0.722. The first-order chi connectivity index (χ1) is 9.38. The summed E-state index contributed by atoms with van der Waals surface area (Å²) in [4.78, 5) is 43.3. The lowest BCUT2D eigenvalue weighted by molar-refractivity contribution is -0.131. The standard InChI is InChI=1S/C9H16O2.C8H14O2/c1-5-9(4,8(3)11)6-7(2)10;1-5(7(3)9)6(2)8(4)10/h5-6H2,1-4H3;5-6H,1-4H3. The third-order valence-electron chi connectivity index (χ3n) is 4.30. The molecule has 0 aromatic rings. The number of hydrogen-bond donors (Lipinski definition) is 0. The Morgan fingerprint density at radius 1 is 0.857 bits per heavy atom. The van der Waals surface area contributed by atoms with Gasteiger partial charge in [-0.15, -0.1) is 0 Å². The maximum absolute atomic E-state index is 11.1. The smallest absolute Gasteiger partial charge is 0.136 e. The summed E-state index contributed by atoms with van der Waals surface area (Å²) in [7, 11) is 0. The fourth-order valence-electron chi connectivity index (χ4n) is 1.75. The number of carbonyl (C=O) groups excluding carboxylic acids is 4. The van der Waals surface area contributed by atoms with E-state index in [2.05, 4.69) is 0 Å². The van der Waals surface area contributed by atoms with E-state index >= 15 is 0 Å². The van der Waals surface area contributed by atoms with Crippen LogP contribution >= 0.6 is 0 Å². The highest BCUT2D eigenvalue weighted by molar-refractivity contribution is 5.88. The molecule has 0 aliphatic carbocycles. The van der Waals surface area contributed by atoms with Crippen LogP contribution in [-0.4, -0.2) is 23.1 Å². The second-order valence-electron chi connectivity index (χ2n) is 6.15. The second-order valence-corrected chi connectivity index (χ2v) is 6.15. The average Bonchev–Trinajstić information content (AvgIpc) is 2.36. The molecule has 0 amide bonds. The molecule has 0 spiro atoms. The maximum Gasteiger partial charge on any atom is 0.136 e. The second kappa shape index (κ2) is 9.59. The van der Waals surface area contributed by atoms with Crippen molar-refractivity contribution in [3.8, 4) is 0 Å². The molecule has 0 bridgehead atoms. The maximum atomic E-state index is 11.1. The van der Waals surface area contributed by atoms with Gasteiger partial charge in [0.25, 0.3) is 0 Å². The molecule has 3 unspecified atom stereocenters. The van der Waals surface area contributed by atoms with E-state index in [0.717, 1.165) is 6.42 Å². The lowest BCUT2D eigenvalue weighted by Gasteiger charge is -2.22. The molecule has 3 atom stereocenters. The van der Waals surface area contributed by atoms with Crippen molar-refractivity contribution in [2.24, 2.45) is 17.3 Å². The molecule has 4 nitrogen and oxygen atoms in total. The monoisotopic (exact) mass is 298 g/mol. The molecular formula is C17H30O4. The molecule has 0 radical (unpaired) electrons. The van der Waals surface area contributed by atoms with Crippen molar-refractivity contribution in [3.63, 3.8) is 0 Å². The highest BCUT2D eigenvalue weighted by atomic mass is 16.1. The summed E-state index contributed by atoms with van der Waals surface area (Å²) in [6, 6.07) is 0. The van der Waals surface area contributed by atoms with Gasteiger partial charge in [0.15, 0.2) is 0 Å². The Kier molecular flexibility index (Phi) is 10.0. The number of Topliss-reactive ketones (excluding diaryl/α,β-unsaturated/α-hetero) is 4. The first kappa shape index (κ1) is 22.0. The van der Waals surface area contributed by atoms with Crippen molar-refractivity contribution in [2.75, 3.05) is 0 Å². The third-order valence-corrected chi connectivity index (χ3v) is 4.30. The summed E-state index contributed by atoms with van der Waals surface area (Å²) in [6.07, 6.45) is 1.11. The van der Waals surface area contributed by atoms with Crippen molar-refractivity contribution in [3.05, 3.63) is 0 Å². The van der Waals surface area contributed by atoms with E-state index in [4.69, 9.17) is 0 Å². The molecule has 0 aromatic heterocycles. The van der Waals surface area contributed by atoms with Crippen LogP contribution < -0.4 is 0 Å². The van der Waals surface area contributed by atoms with Crippen LogP contribution in [0, 0.1) is 17.3 Å². The molecule has 122 valence electrons. The van der Waals surface area contributed by atoms with Gasteiger partial charge in [0.1, 0.15) is 23.1 Å². The van der Waals surface area contributed by atoms with Gasteiger partial charge in [-0.05, 0) is 34.1 Å². The molecule has 0 aliphatic heterocycles. The van der Waals surface area contributed by atoms with E-state index in [1.165, 1.54) is 20.8 Å². The summed E-state index contributed by atoms with van der Waals surface area (Å²) in [5.74, 6) is 0.111. The van der Waals surface area contributed by atoms with Crippen LogP contribution in [0.15, 0.2) is 0 Å². The molecule has 0 fully saturated rings. The van der Waals surface area contributed by atoms with Crippen molar-refractivity contribution >= 4 is 23.1 Å². The highest BCUT2D eigenvalue weighted by Crippen LogP contribution is 2.26. The van der Waals surface area contributed by atoms with Gasteiger partial charge in [-0.1, -0.05) is 27.7 Å². The van der Waals surface area contributed by atoms with Gasteiger partial charge < -0.3 is 0 Å². The van der Waals surface area contributed by atoms with Gasteiger partial charge in [-0.3, -0.25) is 19.2 Å². The van der Waals surface area contributed by atoms with Crippen molar-refractivity contribution in [2.45, 2.75) is 68.2 Å². The minimum Gasteiger partial charge on any atom is -0.300 e. The Morgan fingerprint density at radius 2 is 1.19 bits per heavy atom. The van der Waals surface area contributed by atoms with Crippen molar-refractivity contribution in [1.82, 2.24) is 0 Å². The van der Waals surface area contributed by atoms with Crippen LogP contribution in [0.2, 0.25) is 0 Å². The lowest BCUT2D eigenvalue weighted by atomic mass is 9.79. The number of ketones is 4. The fourth-order valence-corrected chi connectivity index (χ4v) is 1.75. The molecule has 0 heterocycles. The Balaban J connectivity index is 0. The van der Waals surface area contributed by atoms with Crippen LogP contribution in [0.3, 0.4) is 0 Å². The zero-order valence-electron chi connectivity index (χ0n) is 14.7. The number of carbonyl (C=O) groups is 4. The van der Waals surface area contributed by atoms with Gasteiger partial charge in [-0.2, -0.15) is 0 Å². The van der Waals surface area contributed by atoms with Gasteiger partial charge in [0, 0.05) is 23.7 Å². The largest absolute Gasteiger partial charge is 0.300 e. The van der Waals surface area contributed by atoms with E-state index in [0.29, 0.717) is 6.42 Å². The molecule has 0 saturated heterocycles. The van der Waals surface area contributed by atoms with Crippen molar-refractivity contribution < 1.29 is 19.2 Å². The van der Waals surface area contributed by atoms with E-state index in [1.54, 1.807) is 20.8 Å². The van der Waals surface area contributed by atoms with E-state index < -0.39 is 5.41 Å². The Hall–Kier alpha value is -1.32. The van der Waals surface area contributed by atoms with Gasteiger partial charge in [0.2, 0.25) is 0 Å². The van der Waals surface area contributed by atoms with Crippen LogP contribution in [-0.2, 0) is 19.2 Å². The minimum absolute atomic E-state index is 0.0858. The first-order valence-electron chi connectivity index (χ1n) is 7.40. The fraction of sp³-hybridized carbons (Fsp3) is 0.765.